The van der Waals surface area contributed by atoms with Crippen LogP contribution in [0.25, 0.3) is 0 Å². The zero-order chi connectivity index (χ0) is 24.7. The molecule has 2 N–H and O–H groups in total. The van der Waals surface area contributed by atoms with Gasteiger partial charge in [-0.25, -0.2) is 0 Å². The minimum Gasteiger partial charge on any atom is -0.497 e. The van der Waals surface area contributed by atoms with Crippen LogP contribution in [0.15, 0.2) is 64.6 Å². The Morgan fingerprint density at radius 3 is 2.41 bits per heavy atom. The van der Waals surface area contributed by atoms with Crippen molar-refractivity contribution < 1.29 is 23.5 Å². The highest BCUT2D eigenvalue weighted by Crippen LogP contribution is 2.30. The Hall–Kier alpha value is -3.59. The normalized spacial score (nSPS) is 12.0. The van der Waals surface area contributed by atoms with Crippen molar-refractivity contribution in [1.82, 2.24) is 10.6 Å². The summed E-state index contributed by atoms with van der Waals surface area (Å²) < 4.78 is 10.8. The first kappa shape index (κ1) is 25.0. The summed E-state index contributed by atoms with van der Waals surface area (Å²) in [5, 5.41) is 7.44. The zero-order valence-electron chi connectivity index (χ0n) is 19.7. The lowest BCUT2D eigenvalue weighted by molar-refractivity contribution is -0.128. The van der Waals surface area contributed by atoms with E-state index in [1.165, 1.54) is 22.5 Å². The smallest absolute Gasteiger partial charge is 0.261 e. The minimum absolute atomic E-state index is 0.301. The van der Waals surface area contributed by atoms with Gasteiger partial charge in [-0.2, -0.15) is 0 Å². The van der Waals surface area contributed by atoms with Crippen molar-refractivity contribution in [2.45, 2.75) is 38.8 Å². The Morgan fingerprint density at radius 1 is 1.12 bits per heavy atom. The van der Waals surface area contributed by atoms with Gasteiger partial charge in [0, 0.05) is 11.2 Å². The van der Waals surface area contributed by atoms with Crippen LogP contribution >= 0.6 is 11.3 Å². The monoisotopic (exact) mass is 483 g/mol. The molecule has 0 aliphatic carbocycles. The van der Waals surface area contributed by atoms with Gasteiger partial charge >= 0.3 is 0 Å². The van der Waals surface area contributed by atoms with Gasteiger partial charge < -0.3 is 19.8 Å². The third-order valence-electron chi connectivity index (χ3n) is 5.43. The summed E-state index contributed by atoms with van der Waals surface area (Å²) in [6.07, 6.45) is 2.15. The Bertz CT molecular complexity index is 1090. The van der Waals surface area contributed by atoms with E-state index in [-0.39, 0.29) is 12.5 Å². The van der Waals surface area contributed by atoms with Gasteiger partial charge in [0.1, 0.15) is 11.5 Å². The first-order valence-corrected chi connectivity index (χ1v) is 11.8. The van der Waals surface area contributed by atoms with E-state index >= 15 is 0 Å². The van der Waals surface area contributed by atoms with E-state index in [0.29, 0.717) is 28.5 Å². The van der Waals surface area contributed by atoms with E-state index in [0.717, 1.165) is 0 Å². The van der Waals surface area contributed by atoms with Crippen LogP contribution < -0.4 is 20.3 Å². The number of nitrogens with one attached hydrogen (secondary N) is 2. The number of ether oxygens (including phenoxy) is 1. The van der Waals surface area contributed by atoms with Gasteiger partial charge in [0.15, 0.2) is 6.04 Å². The number of furan rings is 1. The Balaban J connectivity index is 1.97. The highest BCUT2D eigenvalue weighted by atomic mass is 32.1. The lowest BCUT2D eigenvalue weighted by Crippen LogP contribution is -2.52. The molecule has 2 aromatic heterocycles. The van der Waals surface area contributed by atoms with E-state index in [1.807, 2.05) is 20.8 Å². The van der Waals surface area contributed by atoms with Crippen LogP contribution in [0.4, 0.5) is 5.69 Å². The molecule has 0 aliphatic heterocycles. The van der Waals surface area contributed by atoms with Gasteiger partial charge in [-0.1, -0.05) is 13.0 Å². The van der Waals surface area contributed by atoms with Crippen LogP contribution in [0.5, 0.6) is 5.75 Å². The quantitative estimate of drug-likeness (QED) is 0.451. The topological polar surface area (TPSA) is 101 Å². The molecule has 8 nitrogen and oxygen atoms in total. The Kier molecular flexibility index (Phi) is 8.12. The van der Waals surface area contributed by atoms with Gasteiger partial charge in [0.05, 0.1) is 24.8 Å². The van der Waals surface area contributed by atoms with Gasteiger partial charge in [0.2, 0.25) is 5.91 Å². The van der Waals surface area contributed by atoms with Crippen LogP contribution in [0, 0.1) is 0 Å². The van der Waals surface area contributed by atoms with Gasteiger partial charge in [-0.05, 0) is 68.1 Å². The number of thiophene rings is 1. The number of amides is 3. The number of benzene rings is 1. The fraction of sp³-hybridized carbons (Fsp3) is 0.320. The number of methoxy groups -OCH3 is 1. The molecule has 180 valence electrons. The van der Waals surface area contributed by atoms with E-state index < -0.39 is 23.4 Å². The van der Waals surface area contributed by atoms with Gasteiger partial charge in [-0.15, -0.1) is 11.3 Å². The predicted octanol–water partition coefficient (Wildman–Crippen LogP) is 4.16. The van der Waals surface area contributed by atoms with Gasteiger partial charge in [0.25, 0.3) is 11.8 Å². The number of carbonyl (C=O) groups is 3. The molecule has 1 atom stereocenters. The number of anilines is 1. The molecule has 0 aliphatic rings. The number of carbonyl (C=O) groups excluding carboxylic acids is 3. The maximum absolute atomic E-state index is 13.5. The molecule has 0 saturated carbocycles. The second-order valence-electron chi connectivity index (χ2n) is 8.27. The van der Waals surface area contributed by atoms with Crippen LogP contribution in [-0.4, -0.2) is 36.9 Å². The lowest BCUT2D eigenvalue weighted by Gasteiger charge is -2.33. The van der Waals surface area contributed by atoms with Crippen LogP contribution in [0.3, 0.4) is 0 Å². The molecule has 0 radical (unpaired) electrons. The fourth-order valence-electron chi connectivity index (χ4n) is 3.23. The molecule has 0 fully saturated rings. The van der Waals surface area contributed by atoms with Crippen molar-refractivity contribution in [3.8, 4) is 5.75 Å². The fourth-order valence-corrected chi connectivity index (χ4v) is 3.87. The summed E-state index contributed by atoms with van der Waals surface area (Å²) in [5.74, 6) is -0.313. The first-order chi connectivity index (χ1) is 16.3. The van der Waals surface area contributed by atoms with Crippen molar-refractivity contribution >= 4 is 34.7 Å². The van der Waals surface area contributed by atoms with Crippen LogP contribution in [-0.2, 0) is 9.59 Å². The van der Waals surface area contributed by atoms with Crippen molar-refractivity contribution in [3.63, 3.8) is 0 Å². The number of nitrogens with zero attached hydrogens (tertiary/aromatic N) is 1. The van der Waals surface area contributed by atoms with E-state index in [1.54, 1.807) is 61.0 Å². The summed E-state index contributed by atoms with van der Waals surface area (Å²) in [7, 11) is 1.55. The highest BCUT2D eigenvalue weighted by molar-refractivity contribution is 7.12. The van der Waals surface area contributed by atoms with Crippen LogP contribution in [0.2, 0.25) is 0 Å². The highest BCUT2D eigenvalue weighted by Gasteiger charge is 2.36. The molecular formula is C25H29N3O5S. The molecule has 3 rings (SSSR count). The van der Waals surface area contributed by atoms with E-state index in [9.17, 15) is 14.4 Å². The number of hydrogen-bond donors (Lipinski definition) is 2. The maximum atomic E-state index is 13.5. The summed E-state index contributed by atoms with van der Waals surface area (Å²) in [6, 6.07) is 12.4. The van der Waals surface area contributed by atoms with Crippen molar-refractivity contribution in [2.24, 2.45) is 0 Å². The molecule has 2 heterocycles. The zero-order valence-corrected chi connectivity index (χ0v) is 20.5. The molecule has 0 saturated heterocycles. The minimum atomic E-state index is -1.08. The van der Waals surface area contributed by atoms with E-state index in [2.05, 4.69) is 10.6 Å². The third-order valence-corrected chi connectivity index (χ3v) is 6.30. The van der Waals surface area contributed by atoms with Crippen molar-refractivity contribution in [3.05, 3.63) is 70.8 Å². The second-order valence-corrected chi connectivity index (χ2v) is 9.21. The molecule has 0 bridgehead atoms. The van der Waals surface area contributed by atoms with Crippen LogP contribution in [0.1, 0.15) is 48.7 Å². The average Bonchev–Trinajstić information content (AvgIpc) is 3.55. The molecule has 0 unspecified atom stereocenters. The molecule has 3 amide bonds. The van der Waals surface area contributed by atoms with Crippen molar-refractivity contribution in [2.75, 3.05) is 18.6 Å². The Morgan fingerprint density at radius 2 is 1.85 bits per heavy atom. The summed E-state index contributed by atoms with van der Waals surface area (Å²) in [5.41, 5.74) is -0.0359. The molecule has 0 spiro atoms. The average molecular weight is 484 g/mol. The molecule has 9 heteroatoms. The first-order valence-electron chi connectivity index (χ1n) is 10.9. The standard InChI is InChI=1S/C25H29N3O5S/c1-5-25(2,3)27-24(31)22(19-8-6-14-33-19)28(17-10-12-18(32-4)13-11-17)21(29)16-26-23(30)20-9-7-15-34-20/h6-15,22H,5,16H2,1-4H3,(H,26,30)(H,27,31)/t22-/m0/s1. The number of hydrogen-bond acceptors (Lipinski definition) is 6. The molecule has 3 aromatic rings. The third kappa shape index (κ3) is 6.05. The SMILES string of the molecule is CCC(C)(C)NC(=O)[C@H](c1ccco1)N(C(=O)CNC(=O)c1cccs1)c1ccc(OC)cc1. The summed E-state index contributed by atoms with van der Waals surface area (Å²) >= 11 is 1.28. The molecule has 34 heavy (non-hydrogen) atoms. The number of rotatable bonds is 10. The van der Waals surface area contributed by atoms with Crippen molar-refractivity contribution in [1.29, 1.82) is 0 Å². The summed E-state index contributed by atoms with van der Waals surface area (Å²) in [4.78, 5) is 41.3. The predicted molar refractivity (Wildman–Crippen MR) is 131 cm³/mol. The molecular weight excluding hydrogens is 454 g/mol. The molecule has 1 aromatic carbocycles. The Labute approximate surface area is 202 Å². The largest absolute Gasteiger partial charge is 0.497 e. The second kappa shape index (κ2) is 11.0. The summed E-state index contributed by atoms with van der Waals surface area (Å²) in [6.45, 7) is 5.48. The van der Waals surface area contributed by atoms with E-state index in [4.69, 9.17) is 9.15 Å². The lowest BCUT2D eigenvalue weighted by atomic mass is 10.0. The maximum Gasteiger partial charge on any atom is 0.261 e. The van der Waals surface area contributed by atoms with Gasteiger partial charge in [-0.3, -0.25) is 19.3 Å².